The molecule has 0 bridgehead atoms. The highest BCUT2D eigenvalue weighted by Gasteiger charge is 2.13. The molecule has 2 N–H and O–H groups in total. The summed E-state index contributed by atoms with van der Waals surface area (Å²) >= 11 is 1.09. The van der Waals surface area contributed by atoms with Gasteiger partial charge in [-0.3, -0.25) is 4.79 Å². The van der Waals surface area contributed by atoms with E-state index in [-0.39, 0.29) is 35.5 Å². The minimum atomic E-state index is -3.59. The van der Waals surface area contributed by atoms with Crippen LogP contribution in [0, 0.1) is 12.7 Å². The van der Waals surface area contributed by atoms with Crippen LogP contribution in [0.4, 0.5) is 4.39 Å². The van der Waals surface area contributed by atoms with E-state index < -0.39 is 10.0 Å². The van der Waals surface area contributed by atoms with Crippen molar-refractivity contribution in [3.63, 3.8) is 0 Å². The van der Waals surface area contributed by atoms with Crippen molar-refractivity contribution >= 4 is 27.7 Å². The van der Waals surface area contributed by atoms with Gasteiger partial charge in [-0.25, -0.2) is 17.5 Å². The molecule has 2 aromatic rings. The van der Waals surface area contributed by atoms with Gasteiger partial charge in [0.2, 0.25) is 15.9 Å². The maximum atomic E-state index is 13.4. The molecule has 0 saturated carbocycles. The first kappa shape index (κ1) is 19.4. The van der Waals surface area contributed by atoms with Crippen LogP contribution in [0.25, 0.3) is 0 Å². The molecule has 8 heteroatoms. The van der Waals surface area contributed by atoms with Crippen LogP contribution >= 0.6 is 11.8 Å². The minimum absolute atomic E-state index is 0.0612. The summed E-state index contributed by atoms with van der Waals surface area (Å²) in [5.74, 6) is -0.597. The molecular formula is C17H19FN2O3S2. The summed E-state index contributed by atoms with van der Waals surface area (Å²) in [7, 11) is -3.59. The van der Waals surface area contributed by atoms with E-state index in [0.717, 1.165) is 17.3 Å². The first-order valence-electron chi connectivity index (χ1n) is 7.59. The van der Waals surface area contributed by atoms with Crippen LogP contribution in [-0.4, -0.2) is 33.2 Å². The molecule has 0 heterocycles. The number of halogens is 1. The van der Waals surface area contributed by atoms with Crippen LogP contribution in [0.2, 0.25) is 0 Å². The van der Waals surface area contributed by atoms with Crippen LogP contribution in [0.5, 0.6) is 0 Å². The van der Waals surface area contributed by atoms with Gasteiger partial charge >= 0.3 is 0 Å². The van der Waals surface area contributed by atoms with E-state index >= 15 is 0 Å². The molecule has 2 rings (SSSR count). The first-order chi connectivity index (χ1) is 11.9. The van der Waals surface area contributed by atoms with Gasteiger partial charge in [-0.1, -0.05) is 29.8 Å². The van der Waals surface area contributed by atoms with Crippen molar-refractivity contribution in [3.05, 3.63) is 59.9 Å². The van der Waals surface area contributed by atoms with Crippen molar-refractivity contribution in [1.29, 1.82) is 0 Å². The van der Waals surface area contributed by atoms with E-state index in [9.17, 15) is 17.6 Å². The molecule has 0 fully saturated rings. The fraction of sp³-hybridized carbons (Fsp3) is 0.235. The molecule has 0 aliphatic heterocycles. The molecule has 0 aromatic heterocycles. The lowest BCUT2D eigenvalue weighted by atomic mass is 10.2. The molecule has 0 unspecified atom stereocenters. The number of hydrogen-bond donors (Lipinski definition) is 2. The highest BCUT2D eigenvalue weighted by atomic mass is 32.2. The van der Waals surface area contributed by atoms with E-state index in [2.05, 4.69) is 10.0 Å². The smallest absolute Gasteiger partial charge is 0.240 e. The Kier molecular flexibility index (Phi) is 6.98. The van der Waals surface area contributed by atoms with Crippen LogP contribution < -0.4 is 10.0 Å². The fourth-order valence-electron chi connectivity index (χ4n) is 1.94. The maximum Gasteiger partial charge on any atom is 0.240 e. The number of aryl methyl sites for hydroxylation is 1. The Morgan fingerprint density at radius 1 is 1.08 bits per heavy atom. The van der Waals surface area contributed by atoms with Crippen LogP contribution in [0.1, 0.15) is 5.56 Å². The SMILES string of the molecule is Cc1ccc(S(=O)(=O)NCCNC(=O)CSc2ccccc2F)cc1. The van der Waals surface area contributed by atoms with Crippen molar-refractivity contribution in [2.75, 3.05) is 18.8 Å². The molecule has 2 aromatic carbocycles. The number of benzene rings is 2. The summed E-state index contributed by atoms with van der Waals surface area (Å²) < 4.78 is 40.0. The zero-order valence-corrected chi connectivity index (χ0v) is 15.3. The molecule has 0 saturated heterocycles. The molecule has 0 radical (unpaired) electrons. The van der Waals surface area contributed by atoms with E-state index in [1.165, 1.54) is 18.2 Å². The highest BCUT2D eigenvalue weighted by molar-refractivity contribution is 8.00. The molecule has 0 aliphatic carbocycles. The normalized spacial score (nSPS) is 11.3. The number of sulfonamides is 1. The predicted octanol–water partition coefficient (Wildman–Crippen LogP) is 2.32. The van der Waals surface area contributed by atoms with E-state index in [1.807, 2.05) is 6.92 Å². The number of hydrogen-bond acceptors (Lipinski definition) is 4. The third-order valence-corrected chi connectivity index (χ3v) is 5.79. The Morgan fingerprint density at radius 3 is 2.44 bits per heavy atom. The molecule has 25 heavy (non-hydrogen) atoms. The quantitative estimate of drug-likeness (QED) is 0.543. The summed E-state index contributed by atoms with van der Waals surface area (Å²) in [5.41, 5.74) is 0.971. The number of carbonyl (C=O) groups is 1. The zero-order valence-electron chi connectivity index (χ0n) is 13.7. The average molecular weight is 382 g/mol. The molecule has 1 amide bonds. The van der Waals surface area contributed by atoms with E-state index in [4.69, 9.17) is 0 Å². The third kappa shape index (κ3) is 6.15. The monoisotopic (exact) mass is 382 g/mol. The Balaban J connectivity index is 1.72. The number of nitrogens with one attached hydrogen (secondary N) is 2. The zero-order chi connectivity index (χ0) is 18.3. The molecular weight excluding hydrogens is 363 g/mol. The largest absolute Gasteiger partial charge is 0.354 e. The Bertz CT molecular complexity index is 824. The summed E-state index contributed by atoms with van der Waals surface area (Å²) in [6.07, 6.45) is 0. The number of rotatable bonds is 8. The number of carbonyl (C=O) groups excluding carboxylic acids is 1. The third-order valence-electron chi connectivity index (χ3n) is 3.27. The summed E-state index contributed by atoms with van der Waals surface area (Å²) in [6, 6.07) is 12.7. The number of thioether (sulfide) groups is 1. The van der Waals surface area contributed by atoms with Crippen molar-refractivity contribution in [2.45, 2.75) is 16.7 Å². The lowest BCUT2D eigenvalue weighted by Gasteiger charge is -2.08. The van der Waals surface area contributed by atoms with Gasteiger partial charge in [0.1, 0.15) is 5.82 Å². The van der Waals surface area contributed by atoms with Gasteiger partial charge in [0.25, 0.3) is 0 Å². The second-order valence-corrected chi connectivity index (χ2v) is 8.06. The van der Waals surface area contributed by atoms with Crippen molar-refractivity contribution < 1.29 is 17.6 Å². The Hall–Kier alpha value is -1.90. The van der Waals surface area contributed by atoms with Gasteiger partial charge in [0.15, 0.2) is 0 Å². The molecule has 134 valence electrons. The summed E-state index contributed by atoms with van der Waals surface area (Å²) in [4.78, 5) is 12.3. The lowest BCUT2D eigenvalue weighted by Crippen LogP contribution is -2.35. The maximum absolute atomic E-state index is 13.4. The Labute approximate surface area is 151 Å². The first-order valence-corrected chi connectivity index (χ1v) is 10.1. The van der Waals surface area contributed by atoms with Crippen LogP contribution in [0.15, 0.2) is 58.3 Å². The Morgan fingerprint density at radius 2 is 1.76 bits per heavy atom. The van der Waals surface area contributed by atoms with E-state index in [0.29, 0.717) is 4.90 Å². The summed E-state index contributed by atoms with van der Waals surface area (Å²) in [5, 5.41) is 2.60. The van der Waals surface area contributed by atoms with Gasteiger partial charge in [0.05, 0.1) is 10.6 Å². The molecule has 0 atom stereocenters. The van der Waals surface area contributed by atoms with Gasteiger partial charge in [-0.05, 0) is 31.2 Å². The second-order valence-electron chi connectivity index (χ2n) is 5.28. The van der Waals surface area contributed by atoms with Gasteiger partial charge in [0, 0.05) is 18.0 Å². The fourth-order valence-corrected chi connectivity index (χ4v) is 3.75. The van der Waals surface area contributed by atoms with E-state index in [1.54, 1.807) is 30.3 Å². The second kappa shape index (κ2) is 8.98. The van der Waals surface area contributed by atoms with Crippen LogP contribution in [0.3, 0.4) is 0 Å². The highest BCUT2D eigenvalue weighted by Crippen LogP contribution is 2.20. The topological polar surface area (TPSA) is 75.3 Å². The van der Waals surface area contributed by atoms with Crippen molar-refractivity contribution in [2.24, 2.45) is 0 Å². The van der Waals surface area contributed by atoms with Crippen molar-refractivity contribution in [1.82, 2.24) is 10.0 Å². The molecule has 0 spiro atoms. The number of amides is 1. The standard InChI is InChI=1S/C17H19FN2O3S2/c1-13-6-8-14(9-7-13)25(22,23)20-11-10-19-17(21)12-24-16-5-3-2-4-15(16)18/h2-9,20H,10-12H2,1H3,(H,19,21). The lowest BCUT2D eigenvalue weighted by molar-refractivity contribution is -0.118. The van der Waals surface area contributed by atoms with Gasteiger partial charge in [-0.15, -0.1) is 11.8 Å². The minimum Gasteiger partial charge on any atom is -0.354 e. The molecule has 5 nitrogen and oxygen atoms in total. The molecule has 0 aliphatic rings. The van der Waals surface area contributed by atoms with Crippen molar-refractivity contribution in [3.8, 4) is 0 Å². The predicted molar refractivity (Wildman–Crippen MR) is 96.5 cm³/mol. The van der Waals surface area contributed by atoms with Gasteiger partial charge < -0.3 is 5.32 Å². The summed E-state index contributed by atoms with van der Waals surface area (Å²) in [6.45, 7) is 2.10. The van der Waals surface area contributed by atoms with Gasteiger partial charge in [-0.2, -0.15) is 0 Å². The average Bonchev–Trinajstić information content (AvgIpc) is 2.58. The van der Waals surface area contributed by atoms with Crippen LogP contribution in [-0.2, 0) is 14.8 Å².